The second-order valence-electron chi connectivity index (χ2n) is 4.74. The van der Waals surface area contributed by atoms with E-state index >= 15 is 0 Å². The maximum Gasteiger partial charge on any atom is 0.331 e. The number of nitrogens with one attached hydrogen (secondary N) is 2. The maximum atomic E-state index is 12.1. The summed E-state index contributed by atoms with van der Waals surface area (Å²) in [7, 11) is 0. The number of H-pyrrole nitrogens is 1. The Hall–Kier alpha value is -2.83. The molecule has 7 heteroatoms. The first-order chi connectivity index (χ1) is 9.91. The molecule has 110 valence electrons. The molecule has 0 aliphatic carbocycles. The van der Waals surface area contributed by atoms with E-state index in [9.17, 15) is 19.5 Å². The number of carbonyl (C=O) groups is 1. The minimum atomic E-state index is -0.928. The maximum absolute atomic E-state index is 12.1. The van der Waals surface area contributed by atoms with E-state index in [2.05, 4.69) is 5.32 Å². The lowest BCUT2D eigenvalue weighted by Gasteiger charge is -2.14. The molecule has 1 aromatic heterocycles. The van der Waals surface area contributed by atoms with Crippen LogP contribution in [0.25, 0.3) is 0 Å². The summed E-state index contributed by atoms with van der Waals surface area (Å²) < 4.78 is 0.946. The number of aromatic hydroxyl groups is 1. The van der Waals surface area contributed by atoms with Crippen molar-refractivity contribution in [1.29, 1.82) is 0 Å². The van der Waals surface area contributed by atoms with E-state index in [4.69, 9.17) is 0 Å². The van der Waals surface area contributed by atoms with Crippen molar-refractivity contribution in [3.63, 3.8) is 0 Å². The predicted molar refractivity (Wildman–Crippen MR) is 77.8 cm³/mol. The van der Waals surface area contributed by atoms with Gasteiger partial charge in [0.15, 0.2) is 5.56 Å². The molecule has 0 spiro atoms. The first-order valence-corrected chi connectivity index (χ1v) is 6.36. The molecule has 0 atom stereocenters. The summed E-state index contributed by atoms with van der Waals surface area (Å²) in [6.07, 6.45) is 0. The zero-order valence-corrected chi connectivity index (χ0v) is 11.6. The number of para-hydroxylation sites is 1. The van der Waals surface area contributed by atoms with Crippen LogP contribution >= 0.6 is 0 Å². The Labute approximate surface area is 119 Å². The molecule has 0 saturated carbocycles. The smallest absolute Gasteiger partial charge is 0.331 e. The van der Waals surface area contributed by atoms with Crippen molar-refractivity contribution < 1.29 is 9.90 Å². The molecule has 21 heavy (non-hydrogen) atoms. The quantitative estimate of drug-likeness (QED) is 0.786. The summed E-state index contributed by atoms with van der Waals surface area (Å²) >= 11 is 0. The van der Waals surface area contributed by atoms with Crippen LogP contribution in [-0.4, -0.2) is 20.6 Å². The topological polar surface area (TPSA) is 104 Å². The van der Waals surface area contributed by atoms with Gasteiger partial charge in [0.05, 0.1) is 0 Å². The molecule has 1 aromatic carbocycles. The van der Waals surface area contributed by atoms with Crippen LogP contribution in [0.2, 0.25) is 0 Å². The number of carbonyl (C=O) groups excluding carboxylic acids is 1. The van der Waals surface area contributed by atoms with Crippen molar-refractivity contribution in [3.8, 4) is 5.88 Å². The third-order valence-corrected chi connectivity index (χ3v) is 2.89. The van der Waals surface area contributed by atoms with Gasteiger partial charge in [-0.25, -0.2) is 4.79 Å². The molecule has 2 aromatic rings. The Kier molecular flexibility index (Phi) is 3.93. The first kappa shape index (κ1) is 14.6. The van der Waals surface area contributed by atoms with Crippen LogP contribution < -0.4 is 16.6 Å². The summed E-state index contributed by atoms with van der Waals surface area (Å²) in [6.45, 7) is 3.30. The van der Waals surface area contributed by atoms with E-state index < -0.39 is 34.6 Å². The molecule has 0 saturated heterocycles. The third-order valence-electron chi connectivity index (χ3n) is 2.89. The summed E-state index contributed by atoms with van der Waals surface area (Å²) in [5.74, 6) is -1.43. The van der Waals surface area contributed by atoms with Gasteiger partial charge in [0.1, 0.15) is 0 Å². The number of rotatable bonds is 3. The van der Waals surface area contributed by atoms with E-state index in [1.165, 1.54) is 0 Å². The van der Waals surface area contributed by atoms with E-state index in [0.717, 1.165) is 4.57 Å². The van der Waals surface area contributed by atoms with Crippen molar-refractivity contribution in [2.45, 2.75) is 19.9 Å². The number of hydrogen-bond donors (Lipinski definition) is 3. The second kappa shape index (κ2) is 5.66. The Bertz CT molecular complexity index is 775. The van der Waals surface area contributed by atoms with Crippen LogP contribution in [0.1, 0.15) is 30.2 Å². The number of aromatic amines is 1. The average molecular weight is 289 g/mol. The van der Waals surface area contributed by atoms with Crippen LogP contribution in [0.5, 0.6) is 5.88 Å². The fourth-order valence-corrected chi connectivity index (χ4v) is 1.94. The standard InChI is InChI=1S/C14H15N3O4/c1-8(2)17-13(20)10(12(19)16-14(17)21)11(18)15-9-6-4-3-5-7-9/h3-8,20H,1-2H3,(H,15,18)(H,16,19,21). The number of amides is 1. The lowest BCUT2D eigenvalue weighted by Crippen LogP contribution is -2.36. The van der Waals surface area contributed by atoms with Crippen molar-refractivity contribution in [3.05, 3.63) is 56.7 Å². The van der Waals surface area contributed by atoms with Crippen LogP contribution in [-0.2, 0) is 0 Å². The molecule has 0 bridgehead atoms. The SMILES string of the molecule is CC(C)n1c(O)c(C(=O)Nc2ccccc2)c(=O)[nH]c1=O. The molecule has 0 aliphatic rings. The highest BCUT2D eigenvalue weighted by atomic mass is 16.3. The molecule has 2 rings (SSSR count). The molecule has 0 aliphatic heterocycles. The Balaban J connectivity index is 2.49. The Morgan fingerprint density at radius 2 is 1.86 bits per heavy atom. The number of benzene rings is 1. The molecule has 0 unspecified atom stereocenters. The summed E-state index contributed by atoms with van der Waals surface area (Å²) in [6, 6.07) is 8.09. The zero-order chi connectivity index (χ0) is 15.6. The molecule has 1 heterocycles. The molecular formula is C14H15N3O4. The van der Waals surface area contributed by atoms with Crippen molar-refractivity contribution in [2.75, 3.05) is 5.32 Å². The van der Waals surface area contributed by atoms with Crippen LogP contribution in [0.4, 0.5) is 5.69 Å². The van der Waals surface area contributed by atoms with Gasteiger partial charge in [-0.1, -0.05) is 18.2 Å². The normalized spacial score (nSPS) is 10.6. The van der Waals surface area contributed by atoms with Gasteiger partial charge in [0, 0.05) is 11.7 Å². The van der Waals surface area contributed by atoms with E-state index in [1.54, 1.807) is 44.2 Å². The van der Waals surface area contributed by atoms with Crippen molar-refractivity contribution in [1.82, 2.24) is 9.55 Å². The van der Waals surface area contributed by atoms with Crippen LogP contribution in [0.3, 0.4) is 0 Å². The Morgan fingerprint density at radius 3 is 2.43 bits per heavy atom. The molecule has 3 N–H and O–H groups in total. The highest BCUT2D eigenvalue weighted by molar-refractivity contribution is 6.05. The number of aromatic nitrogens is 2. The minimum Gasteiger partial charge on any atom is -0.494 e. The molecule has 7 nitrogen and oxygen atoms in total. The number of nitrogens with zero attached hydrogens (tertiary/aromatic N) is 1. The fourth-order valence-electron chi connectivity index (χ4n) is 1.94. The van der Waals surface area contributed by atoms with Gasteiger partial charge < -0.3 is 10.4 Å². The third kappa shape index (κ3) is 2.86. The van der Waals surface area contributed by atoms with E-state index in [1.807, 2.05) is 4.98 Å². The van der Waals surface area contributed by atoms with Gasteiger partial charge >= 0.3 is 5.69 Å². The van der Waals surface area contributed by atoms with Crippen LogP contribution in [0.15, 0.2) is 39.9 Å². The number of anilines is 1. The molecular weight excluding hydrogens is 274 g/mol. The average Bonchev–Trinajstić information content (AvgIpc) is 2.38. The van der Waals surface area contributed by atoms with Crippen molar-refractivity contribution in [2.24, 2.45) is 0 Å². The van der Waals surface area contributed by atoms with Gasteiger partial charge in [-0.2, -0.15) is 0 Å². The highest BCUT2D eigenvalue weighted by Crippen LogP contribution is 2.16. The Morgan fingerprint density at radius 1 is 1.24 bits per heavy atom. The first-order valence-electron chi connectivity index (χ1n) is 6.36. The largest absolute Gasteiger partial charge is 0.494 e. The van der Waals surface area contributed by atoms with Gasteiger partial charge in [-0.3, -0.25) is 19.1 Å². The van der Waals surface area contributed by atoms with Gasteiger partial charge in [-0.05, 0) is 26.0 Å². The molecule has 1 amide bonds. The lowest BCUT2D eigenvalue weighted by atomic mass is 10.2. The van der Waals surface area contributed by atoms with Gasteiger partial charge in [-0.15, -0.1) is 0 Å². The fraction of sp³-hybridized carbons (Fsp3) is 0.214. The zero-order valence-electron chi connectivity index (χ0n) is 11.6. The monoisotopic (exact) mass is 289 g/mol. The highest BCUT2D eigenvalue weighted by Gasteiger charge is 2.22. The summed E-state index contributed by atoms with van der Waals surface area (Å²) in [5, 5.41) is 12.5. The molecule has 0 radical (unpaired) electrons. The minimum absolute atomic E-state index is 0.405. The summed E-state index contributed by atoms with van der Waals surface area (Å²) in [4.78, 5) is 37.6. The van der Waals surface area contributed by atoms with Crippen molar-refractivity contribution >= 4 is 11.6 Å². The van der Waals surface area contributed by atoms with E-state index in [-0.39, 0.29) is 0 Å². The predicted octanol–water partition coefficient (Wildman–Crippen LogP) is 1.08. The summed E-state index contributed by atoms with van der Waals surface area (Å²) in [5.41, 5.74) is -1.71. The van der Waals surface area contributed by atoms with Gasteiger partial charge in [0.2, 0.25) is 5.88 Å². The van der Waals surface area contributed by atoms with Crippen LogP contribution in [0, 0.1) is 0 Å². The van der Waals surface area contributed by atoms with E-state index in [0.29, 0.717) is 5.69 Å². The number of hydrogen-bond acceptors (Lipinski definition) is 4. The second-order valence-corrected chi connectivity index (χ2v) is 4.74. The lowest BCUT2D eigenvalue weighted by molar-refractivity contribution is 0.102. The van der Waals surface area contributed by atoms with Gasteiger partial charge in [0.25, 0.3) is 11.5 Å². The molecule has 0 fully saturated rings.